The number of pyridine rings is 1. The molecular weight excluding hydrogens is 323 g/mol. The van der Waals surface area contributed by atoms with Crippen LogP contribution < -0.4 is 5.73 Å². The van der Waals surface area contributed by atoms with Crippen molar-refractivity contribution in [2.75, 3.05) is 11.5 Å². The second kappa shape index (κ2) is 6.90. The molecule has 0 spiro atoms. The SMILES string of the molecule is CC(=O)SCC(=Cc1nc(N)ccc1C)B1OC(C)(C)C(C)(C)O1. The highest BCUT2D eigenvalue weighted by atomic mass is 32.2. The first-order chi connectivity index (χ1) is 11.0. The molecule has 0 aliphatic carbocycles. The fraction of sp³-hybridized carbons (Fsp3) is 0.529. The lowest BCUT2D eigenvalue weighted by Gasteiger charge is -2.32. The molecule has 130 valence electrons. The third-order valence-electron chi connectivity index (χ3n) is 4.48. The molecule has 1 fully saturated rings. The highest BCUT2D eigenvalue weighted by Crippen LogP contribution is 2.39. The first-order valence-electron chi connectivity index (χ1n) is 7.94. The lowest BCUT2D eigenvalue weighted by atomic mass is 9.78. The Morgan fingerprint density at radius 2 is 1.88 bits per heavy atom. The van der Waals surface area contributed by atoms with Crippen molar-refractivity contribution < 1.29 is 14.1 Å². The third-order valence-corrected chi connectivity index (χ3v) is 5.36. The van der Waals surface area contributed by atoms with E-state index in [2.05, 4.69) is 4.98 Å². The molecule has 0 amide bonds. The zero-order valence-electron chi connectivity index (χ0n) is 15.2. The van der Waals surface area contributed by atoms with E-state index in [1.807, 2.05) is 46.8 Å². The Bertz CT molecular complexity index is 658. The molecule has 0 atom stereocenters. The number of anilines is 1. The van der Waals surface area contributed by atoms with Gasteiger partial charge in [-0.05, 0) is 57.8 Å². The largest absolute Gasteiger partial charge is 0.491 e. The van der Waals surface area contributed by atoms with Crippen LogP contribution in [0.5, 0.6) is 0 Å². The molecule has 0 bridgehead atoms. The topological polar surface area (TPSA) is 74.4 Å². The Balaban J connectivity index is 2.37. The lowest BCUT2D eigenvalue weighted by molar-refractivity contribution is -0.109. The molecule has 2 heterocycles. The van der Waals surface area contributed by atoms with Gasteiger partial charge in [-0.15, -0.1) is 0 Å². The summed E-state index contributed by atoms with van der Waals surface area (Å²) in [6.07, 6.45) is 1.92. The van der Waals surface area contributed by atoms with Crippen LogP contribution in [-0.2, 0) is 14.1 Å². The van der Waals surface area contributed by atoms with Gasteiger partial charge in [-0.2, -0.15) is 0 Å². The summed E-state index contributed by atoms with van der Waals surface area (Å²) < 4.78 is 12.3. The quantitative estimate of drug-likeness (QED) is 0.842. The summed E-state index contributed by atoms with van der Waals surface area (Å²) in [5, 5.41) is 0.0506. The zero-order valence-corrected chi connectivity index (χ0v) is 16.0. The Morgan fingerprint density at radius 1 is 1.29 bits per heavy atom. The summed E-state index contributed by atoms with van der Waals surface area (Å²) in [5.74, 6) is 0.946. The van der Waals surface area contributed by atoms with Gasteiger partial charge in [-0.25, -0.2) is 4.98 Å². The van der Waals surface area contributed by atoms with Crippen LogP contribution in [0, 0.1) is 6.92 Å². The molecule has 1 aromatic rings. The van der Waals surface area contributed by atoms with Crippen LogP contribution in [0.1, 0.15) is 45.9 Å². The molecule has 7 heteroatoms. The maximum atomic E-state index is 11.4. The van der Waals surface area contributed by atoms with E-state index in [9.17, 15) is 4.79 Å². The van der Waals surface area contributed by atoms with Crippen LogP contribution in [0.4, 0.5) is 5.82 Å². The third kappa shape index (κ3) is 4.20. The van der Waals surface area contributed by atoms with E-state index in [1.165, 1.54) is 11.8 Å². The van der Waals surface area contributed by atoms with E-state index < -0.39 is 18.3 Å². The van der Waals surface area contributed by atoms with Crippen LogP contribution in [0.2, 0.25) is 0 Å². The smallest absolute Gasteiger partial charge is 0.400 e. The van der Waals surface area contributed by atoms with Gasteiger partial charge in [0.05, 0.1) is 16.9 Å². The summed E-state index contributed by atoms with van der Waals surface area (Å²) >= 11 is 1.23. The van der Waals surface area contributed by atoms with E-state index in [1.54, 1.807) is 13.0 Å². The van der Waals surface area contributed by atoms with Crippen molar-refractivity contribution in [3.63, 3.8) is 0 Å². The van der Waals surface area contributed by atoms with Crippen molar-refractivity contribution in [2.45, 2.75) is 52.7 Å². The Hall–Kier alpha value is -1.31. The maximum absolute atomic E-state index is 11.4. The number of aromatic nitrogens is 1. The van der Waals surface area contributed by atoms with Crippen LogP contribution in [0.3, 0.4) is 0 Å². The first kappa shape index (κ1) is 19.0. The summed E-state index contributed by atoms with van der Waals surface area (Å²) in [4.78, 5) is 15.8. The van der Waals surface area contributed by atoms with Gasteiger partial charge in [0, 0.05) is 12.7 Å². The molecule has 1 aliphatic rings. The highest BCUT2D eigenvalue weighted by Gasteiger charge is 2.52. The molecule has 0 saturated carbocycles. The zero-order chi connectivity index (χ0) is 18.1. The van der Waals surface area contributed by atoms with Crippen LogP contribution in [0.15, 0.2) is 17.6 Å². The van der Waals surface area contributed by atoms with Gasteiger partial charge >= 0.3 is 7.12 Å². The Kier molecular flexibility index (Phi) is 5.47. The average molecular weight is 348 g/mol. The minimum atomic E-state index is -0.510. The summed E-state index contributed by atoms with van der Waals surface area (Å²) in [6, 6.07) is 3.69. The molecule has 0 unspecified atom stereocenters. The molecule has 0 aromatic carbocycles. The molecule has 1 aliphatic heterocycles. The lowest BCUT2D eigenvalue weighted by Crippen LogP contribution is -2.41. The number of hydrogen-bond acceptors (Lipinski definition) is 6. The van der Waals surface area contributed by atoms with Crippen molar-refractivity contribution in [1.29, 1.82) is 0 Å². The average Bonchev–Trinajstić information content (AvgIpc) is 2.66. The van der Waals surface area contributed by atoms with Crippen molar-refractivity contribution >= 4 is 35.9 Å². The fourth-order valence-corrected chi connectivity index (χ4v) is 2.83. The van der Waals surface area contributed by atoms with Crippen molar-refractivity contribution in [1.82, 2.24) is 4.98 Å². The summed E-state index contributed by atoms with van der Waals surface area (Å²) in [7, 11) is -0.510. The molecule has 2 rings (SSSR count). The standard InChI is InChI=1S/C17H25BN2O3S/c1-11-7-8-15(19)20-14(11)9-13(10-24-12(2)21)18-22-16(3,4)17(5,6)23-18/h7-9H,10H2,1-6H3,(H2,19,20). The molecular formula is C17H25BN2O3S. The summed E-state index contributed by atoms with van der Waals surface area (Å²) in [5.41, 5.74) is 7.58. The number of thioether (sulfide) groups is 1. The minimum Gasteiger partial charge on any atom is -0.400 e. The second-order valence-electron chi connectivity index (χ2n) is 7.03. The number of hydrogen-bond donors (Lipinski definition) is 1. The van der Waals surface area contributed by atoms with E-state index >= 15 is 0 Å². The van der Waals surface area contributed by atoms with Crippen molar-refractivity contribution in [3.8, 4) is 0 Å². The number of nitrogens with two attached hydrogens (primary N) is 1. The van der Waals surface area contributed by atoms with Gasteiger partial charge in [-0.3, -0.25) is 4.79 Å². The van der Waals surface area contributed by atoms with Crippen LogP contribution in [0.25, 0.3) is 6.08 Å². The van der Waals surface area contributed by atoms with Gasteiger partial charge in [-0.1, -0.05) is 17.8 Å². The van der Waals surface area contributed by atoms with E-state index in [4.69, 9.17) is 15.0 Å². The first-order valence-corrected chi connectivity index (χ1v) is 8.93. The van der Waals surface area contributed by atoms with E-state index in [-0.39, 0.29) is 5.12 Å². The van der Waals surface area contributed by atoms with E-state index in [0.717, 1.165) is 16.7 Å². The van der Waals surface area contributed by atoms with Crippen molar-refractivity contribution in [3.05, 3.63) is 28.9 Å². The van der Waals surface area contributed by atoms with E-state index in [0.29, 0.717) is 11.6 Å². The number of carbonyl (C=O) groups is 1. The normalized spacial score (nSPS) is 19.6. The van der Waals surface area contributed by atoms with Crippen LogP contribution >= 0.6 is 11.8 Å². The second-order valence-corrected chi connectivity index (χ2v) is 8.18. The Morgan fingerprint density at radius 3 is 2.42 bits per heavy atom. The molecule has 5 nitrogen and oxygen atoms in total. The molecule has 24 heavy (non-hydrogen) atoms. The van der Waals surface area contributed by atoms with Crippen LogP contribution in [-0.4, -0.2) is 34.2 Å². The number of rotatable bonds is 4. The van der Waals surface area contributed by atoms with Gasteiger partial charge < -0.3 is 15.0 Å². The van der Waals surface area contributed by atoms with Gasteiger partial charge in [0.15, 0.2) is 5.12 Å². The van der Waals surface area contributed by atoms with Crippen molar-refractivity contribution in [2.24, 2.45) is 0 Å². The predicted octanol–water partition coefficient (Wildman–Crippen LogP) is 3.27. The maximum Gasteiger partial charge on any atom is 0.491 e. The Labute approximate surface area is 148 Å². The number of nitrogens with zero attached hydrogens (tertiary/aromatic N) is 1. The molecule has 1 saturated heterocycles. The highest BCUT2D eigenvalue weighted by molar-refractivity contribution is 8.13. The van der Waals surface area contributed by atoms with Gasteiger partial charge in [0.2, 0.25) is 0 Å². The predicted molar refractivity (Wildman–Crippen MR) is 101 cm³/mol. The number of nitrogen functional groups attached to an aromatic ring is 1. The summed E-state index contributed by atoms with van der Waals surface area (Å²) in [6.45, 7) is 11.5. The fourth-order valence-electron chi connectivity index (χ4n) is 2.24. The monoisotopic (exact) mass is 348 g/mol. The van der Waals surface area contributed by atoms with Gasteiger partial charge in [0.1, 0.15) is 5.82 Å². The number of aryl methyl sites for hydroxylation is 1. The molecule has 0 radical (unpaired) electrons. The molecule has 2 N–H and O–H groups in total. The minimum absolute atomic E-state index is 0.0506. The van der Waals surface area contributed by atoms with Gasteiger partial charge in [0.25, 0.3) is 0 Å². The molecule has 1 aromatic heterocycles. The number of carbonyl (C=O) groups excluding carboxylic acids is 1.